The standard InChI is InChI=1S/C22H31N3OS/c1-6-24(7-2)12-13-25-19-14-22(4,5)26-15-18(19)21(27)23-20(25)17-10-8-16(3)9-11-17/h8-11H,6-7,12-15H2,1-5H3/p+1. The molecule has 0 amide bonds. The molecule has 0 unspecified atom stereocenters. The number of ether oxygens (including phenoxy) is 1. The van der Waals surface area contributed by atoms with Crippen molar-refractivity contribution in [3.05, 3.63) is 45.7 Å². The minimum Gasteiger partial charge on any atom is -0.370 e. The van der Waals surface area contributed by atoms with E-state index in [-0.39, 0.29) is 5.60 Å². The van der Waals surface area contributed by atoms with Crippen molar-refractivity contribution >= 4 is 12.2 Å². The van der Waals surface area contributed by atoms with E-state index >= 15 is 0 Å². The number of fused-ring (bicyclic) bond motifs is 1. The fraction of sp³-hybridized carbons (Fsp3) is 0.545. The molecule has 0 spiro atoms. The molecule has 0 fully saturated rings. The van der Waals surface area contributed by atoms with E-state index in [1.165, 1.54) is 11.3 Å². The van der Waals surface area contributed by atoms with E-state index in [1.54, 1.807) is 4.90 Å². The molecule has 0 radical (unpaired) electrons. The van der Waals surface area contributed by atoms with Gasteiger partial charge in [-0.25, -0.2) is 4.98 Å². The van der Waals surface area contributed by atoms with Gasteiger partial charge in [-0.05, 0) is 34.6 Å². The van der Waals surface area contributed by atoms with Gasteiger partial charge in [0.1, 0.15) is 10.5 Å². The van der Waals surface area contributed by atoms with Crippen LogP contribution in [0, 0.1) is 11.6 Å². The molecule has 146 valence electrons. The summed E-state index contributed by atoms with van der Waals surface area (Å²) in [6.45, 7) is 15.8. The normalized spacial score (nSPS) is 15.8. The van der Waals surface area contributed by atoms with Crippen LogP contribution in [0.15, 0.2) is 24.3 Å². The number of nitrogens with zero attached hydrogens (tertiary/aromatic N) is 2. The molecule has 1 aliphatic heterocycles. The molecule has 1 aromatic heterocycles. The summed E-state index contributed by atoms with van der Waals surface area (Å²) in [5.74, 6) is 0.989. The van der Waals surface area contributed by atoms with Crippen molar-refractivity contribution < 1.29 is 9.64 Å². The summed E-state index contributed by atoms with van der Waals surface area (Å²) in [5.41, 5.74) is 4.60. The molecule has 5 heteroatoms. The fourth-order valence-electron chi connectivity index (χ4n) is 3.74. The molecule has 0 saturated carbocycles. The van der Waals surface area contributed by atoms with Crippen LogP contribution in [-0.4, -0.2) is 34.8 Å². The van der Waals surface area contributed by atoms with Gasteiger partial charge in [0.15, 0.2) is 0 Å². The van der Waals surface area contributed by atoms with Gasteiger partial charge < -0.3 is 14.2 Å². The second-order valence-corrected chi connectivity index (χ2v) is 8.50. The van der Waals surface area contributed by atoms with Crippen molar-refractivity contribution in [2.24, 2.45) is 0 Å². The van der Waals surface area contributed by atoms with E-state index in [2.05, 4.69) is 63.5 Å². The first-order chi connectivity index (χ1) is 12.8. The van der Waals surface area contributed by atoms with Crippen LogP contribution >= 0.6 is 12.2 Å². The molecule has 4 nitrogen and oxygen atoms in total. The molecule has 1 aliphatic rings. The molecule has 0 atom stereocenters. The van der Waals surface area contributed by atoms with Gasteiger partial charge >= 0.3 is 0 Å². The lowest BCUT2D eigenvalue weighted by Gasteiger charge is -2.34. The number of quaternary nitrogens is 1. The Kier molecular flexibility index (Phi) is 6.14. The fourth-order valence-corrected chi connectivity index (χ4v) is 4.01. The van der Waals surface area contributed by atoms with Crippen LogP contribution in [0.4, 0.5) is 0 Å². The van der Waals surface area contributed by atoms with Gasteiger partial charge in [-0.15, -0.1) is 0 Å². The smallest absolute Gasteiger partial charge is 0.141 e. The van der Waals surface area contributed by atoms with Gasteiger partial charge in [-0.3, -0.25) is 0 Å². The highest BCUT2D eigenvalue weighted by atomic mass is 32.1. The molecule has 1 aromatic carbocycles. The maximum atomic E-state index is 6.03. The van der Waals surface area contributed by atoms with E-state index in [1.807, 2.05) is 0 Å². The summed E-state index contributed by atoms with van der Waals surface area (Å²) in [6, 6.07) is 8.60. The summed E-state index contributed by atoms with van der Waals surface area (Å²) < 4.78 is 9.12. The van der Waals surface area contributed by atoms with Gasteiger partial charge in [0.2, 0.25) is 0 Å². The highest BCUT2D eigenvalue weighted by molar-refractivity contribution is 7.71. The van der Waals surface area contributed by atoms with Crippen molar-refractivity contribution in [3.8, 4) is 11.4 Å². The lowest BCUT2D eigenvalue weighted by Crippen LogP contribution is -3.11. The summed E-state index contributed by atoms with van der Waals surface area (Å²) in [5, 5.41) is 0. The van der Waals surface area contributed by atoms with Crippen LogP contribution < -0.4 is 4.90 Å². The van der Waals surface area contributed by atoms with E-state index in [9.17, 15) is 0 Å². The van der Waals surface area contributed by atoms with Gasteiger partial charge in [-0.1, -0.05) is 42.0 Å². The van der Waals surface area contributed by atoms with Crippen LogP contribution in [0.2, 0.25) is 0 Å². The van der Waals surface area contributed by atoms with Crippen LogP contribution in [-0.2, 0) is 24.3 Å². The third-order valence-electron chi connectivity index (χ3n) is 5.59. The molecule has 27 heavy (non-hydrogen) atoms. The van der Waals surface area contributed by atoms with Crippen LogP contribution in [0.5, 0.6) is 0 Å². The number of hydrogen-bond donors (Lipinski definition) is 1. The molecular formula is C22H32N3OS+. The van der Waals surface area contributed by atoms with Gasteiger partial charge in [0.05, 0.1) is 38.4 Å². The Morgan fingerprint density at radius 3 is 2.48 bits per heavy atom. The third kappa shape index (κ3) is 4.48. The van der Waals surface area contributed by atoms with Crippen molar-refractivity contribution in [2.45, 2.75) is 59.8 Å². The minimum atomic E-state index is -0.176. The largest absolute Gasteiger partial charge is 0.370 e. The molecule has 0 bridgehead atoms. The van der Waals surface area contributed by atoms with Gasteiger partial charge in [-0.2, -0.15) is 0 Å². The van der Waals surface area contributed by atoms with Crippen LogP contribution in [0.3, 0.4) is 0 Å². The topological polar surface area (TPSA) is 31.5 Å². The Morgan fingerprint density at radius 1 is 1.19 bits per heavy atom. The van der Waals surface area contributed by atoms with E-state index < -0.39 is 0 Å². The van der Waals surface area contributed by atoms with Crippen LogP contribution in [0.1, 0.15) is 44.5 Å². The van der Waals surface area contributed by atoms with Gasteiger partial charge in [0.25, 0.3) is 0 Å². The Morgan fingerprint density at radius 2 is 1.85 bits per heavy atom. The van der Waals surface area contributed by atoms with Gasteiger partial charge in [0, 0.05) is 23.2 Å². The van der Waals surface area contributed by atoms with E-state index in [0.717, 1.165) is 49.6 Å². The van der Waals surface area contributed by atoms with Crippen molar-refractivity contribution in [1.82, 2.24) is 9.55 Å². The lowest BCUT2D eigenvalue weighted by molar-refractivity contribution is -0.897. The quantitative estimate of drug-likeness (QED) is 0.773. The maximum absolute atomic E-state index is 6.03. The zero-order chi connectivity index (χ0) is 19.6. The summed E-state index contributed by atoms with van der Waals surface area (Å²) in [7, 11) is 0. The highest BCUT2D eigenvalue weighted by Gasteiger charge is 2.30. The Labute approximate surface area is 168 Å². The predicted octanol–water partition coefficient (Wildman–Crippen LogP) is 3.36. The molecule has 3 rings (SSSR count). The average Bonchev–Trinajstić information content (AvgIpc) is 2.63. The molecule has 2 aromatic rings. The van der Waals surface area contributed by atoms with Crippen LogP contribution in [0.25, 0.3) is 11.4 Å². The number of hydrogen-bond acceptors (Lipinski definition) is 3. The monoisotopic (exact) mass is 386 g/mol. The molecule has 0 aliphatic carbocycles. The van der Waals surface area contributed by atoms with E-state index in [0.29, 0.717) is 11.2 Å². The maximum Gasteiger partial charge on any atom is 0.141 e. The molecule has 2 heterocycles. The first kappa shape index (κ1) is 20.2. The van der Waals surface area contributed by atoms with Crippen molar-refractivity contribution in [3.63, 3.8) is 0 Å². The lowest BCUT2D eigenvalue weighted by atomic mass is 9.96. The summed E-state index contributed by atoms with van der Waals surface area (Å²) in [4.78, 5) is 6.45. The Bertz CT molecular complexity index is 851. The first-order valence-corrected chi connectivity index (χ1v) is 10.4. The molecular weight excluding hydrogens is 354 g/mol. The SMILES string of the molecule is CC[NH+](CC)CCn1c(-c2ccc(C)cc2)nc(=S)c2c1CC(C)(C)OC2. The summed E-state index contributed by atoms with van der Waals surface area (Å²) >= 11 is 5.66. The second-order valence-electron chi connectivity index (χ2n) is 8.12. The zero-order valence-electron chi connectivity index (χ0n) is 17.3. The number of rotatable bonds is 6. The minimum absolute atomic E-state index is 0.176. The Hall–Kier alpha value is -1.56. The molecule has 1 N–H and O–H groups in total. The average molecular weight is 387 g/mol. The number of nitrogens with one attached hydrogen (secondary N) is 1. The number of likely N-dealkylation sites (N-methyl/N-ethyl adjacent to an activating group) is 1. The number of benzene rings is 1. The second kappa shape index (κ2) is 8.21. The van der Waals surface area contributed by atoms with E-state index in [4.69, 9.17) is 21.9 Å². The number of aromatic nitrogens is 2. The van der Waals surface area contributed by atoms with Crippen molar-refractivity contribution in [2.75, 3.05) is 19.6 Å². The summed E-state index contributed by atoms with van der Waals surface area (Å²) in [6.07, 6.45) is 0.862. The highest BCUT2D eigenvalue weighted by Crippen LogP contribution is 2.31. The predicted molar refractivity (Wildman–Crippen MR) is 113 cm³/mol. The first-order valence-electron chi connectivity index (χ1n) is 10.0. The van der Waals surface area contributed by atoms with Crippen molar-refractivity contribution in [1.29, 1.82) is 0 Å². The Balaban J connectivity index is 2.12. The third-order valence-corrected chi connectivity index (χ3v) is 5.93. The zero-order valence-corrected chi connectivity index (χ0v) is 18.1. The molecule has 0 saturated heterocycles. The number of aryl methyl sites for hydroxylation is 1.